The minimum Gasteiger partial charge on any atom is -0.307 e. The number of allylic oxidation sites excluding steroid dienone is 1. The topological polar surface area (TPSA) is 17.8 Å². The molecule has 2 rings (SSSR count). The number of rotatable bonds is 2. The van der Waals surface area contributed by atoms with Crippen LogP contribution in [0.4, 0.5) is 0 Å². The Bertz CT molecular complexity index is 427. The van der Waals surface area contributed by atoms with Crippen molar-refractivity contribution in [3.05, 3.63) is 48.8 Å². The first-order chi connectivity index (χ1) is 6.92. The van der Waals surface area contributed by atoms with Gasteiger partial charge in [0, 0.05) is 24.2 Å². The van der Waals surface area contributed by atoms with Gasteiger partial charge in [-0.2, -0.15) is 0 Å². The standard InChI is InChI=1S/C12H12N2/c1-2-9-14-10-8-13-12(14)11-6-4-3-5-7-11/h2-10H,1H3/b9-2-. The average molecular weight is 184 g/mol. The Kier molecular flexibility index (Phi) is 2.45. The van der Waals surface area contributed by atoms with Gasteiger partial charge in [-0.15, -0.1) is 0 Å². The van der Waals surface area contributed by atoms with Crippen molar-refractivity contribution < 1.29 is 0 Å². The van der Waals surface area contributed by atoms with Crippen molar-refractivity contribution in [1.29, 1.82) is 0 Å². The molecule has 1 aromatic heterocycles. The zero-order valence-corrected chi connectivity index (χ0v) is 8.09. The molecule has 2 heteroatoms. The number of imidazole rings is 1. The fraction of sp³-hybridized carbons (Fsp3) is 0.0833. The van der Waals surface area contributed by atoms with Crippen LogP contribution in [0.3, 0.4) is 0 Å². The fourth-order valence-corrected chi connectivity index (χ4v) is 1.40. The van der Waals surface area contributed by atoms with Crippen LogP contribution >= 0.6 is 0 Å². The molecule has 0 saturated heterocycles. The summed E-state index contributed by atoms with van der Waals surface area (Å²) in [5.74, 6) is 0.976. The van der Waals surface area contributed by atoms with Crippen LogP contribution in [0.1, 0.15) is 6.92 Å². The Morgan fingerprint density at radius 2 is 2.00 bits per heavy atom. The highest BCUT2D eigenvalue weighted by Gasteiger charge is 2.01. The van der Waals surface area contributed by atoms with Gasteiger partial charge in [0.15, 0.2) is 0 Å². The van der Waals surface area contributed by atoms with E-state index in [9.17, 15) is 0 Å². The normalized spacial score (nSPS) is 10.9. The Morgan fingerprint density at radius 3 is 2.71 bits per heavy atom. The van der Waals surface area contributed by atoms with Gasteiger partial charge in [-0.3, -0.25) is 0 Å². The van der Waals surface area contributed by atoms with Gasteiger partial charge in [0.05, 0.1) is 0 Å². The second-order valence-corrected chi connectivity index (χ2v) is 3.01. The van der Waals surface area contributed by atoms with Gasteiger partial charge in [0.2, 0.25) is 0 Å². The third-order valence-electron chi connectivity index (χ3n) is 2.01. The van der Waals surface area contributed by atoms with Crippen molar-refractivity contribution in [2.24, 2.45) is 0 Å². The van der Waals surface area contributed by atoms with E-state index in [-0.39, 0.29) is 0 Å². The first-order valence-electron chi connectivity index (χ1n) is 4.63. The highest BCUT2D eigenvalue weighted by atomic mass is 15.0. The minimum atomic E-state index is 0.976. The van der Waals surface area contributed by atoms with Gasteiger partial charge in [-0.25, -0.2) is 4.98 Å². The molecule has 0 radical (unpaired) electrons. The Hall–Kier alpha value is -1.83. The third kappa shape index (κ3) is 1.59. The van der Waals surface area contributed by atoms with Crippen molar-refractivity contribution in [1.82, 2.24) is 9.55 Å². The summed E-state index contributed by atoms with van der Waals surface area (Å²) in [5, 5.41) is 0. The van der Waals surface area contributed by atoms with Gasteiger partial charge in [0.25, 0.3) is 0 Å². The lowest BCUT2D eigenvalue weighted by molar-refractivity contribution is 1.14. The van der Waals surface area contributed by atoms with E-state index in [1.54, 1.807) is 0 Å². The average Bonchev–Trinajstić information content (AvgIpc) is 2.68. The molecule has 0 atom stereocenters. The van der Waals surface area contributed by atoms with E-state index in [1.165, 1.54) is 0 Å². The molecular weight excluding hydrogens is 172 g/mol. The lowest BCUT2D eigenvalue weighted by Gasteiger charge is -2.01. The van der Waals surface area contributed by atoms with Crippen molar-refractivity contribution >= 4 is 6.20 Å². The molecule has 0 aliphatic rings. The number of benzene rings is 1. The van der Waals surface area contributed by atoms with Crippen LogP contribution in [0.2, 0.25) is 0 Å². The van der Waals surface area contributed by atoms with Crippen LogP contribution in [0.25, 0.3) is 17.6 Å². The fourth-order valence-electron chi connectivity index (χ4n) is 1.40. The molecule has 70 valence electrons. The van der Waals surface area contributed by atoms with Crippen LogP contribution in [-0.2, 0) is 0 Å². The lowest BCUT2D eigenvalue weighted by atomic mass is 10.2. The molecule has 0 aliphatic heterocycles. The van der Waals surface area contributed by atoms with Crippen LogP contribution in [-0.4, -0.2) is 9.55 Å². The van der Waals surface area contributed by atoms with Gasteiger partial charge in [0.1, 0.15) is 5.82 Å². The summed E-state index contributed by atoms with van der Waals surface area (Å²) < 4.78 is 2.01. The Labute approximate surface area is 83.5 Å². The molecule has 0 fully saturated rings. The molecule has 2 aromatic rings. The first-order valence-corrected chi connectivity index (χ1v) is 4.63. The van der Waals surface area contributed by atoms with Crippen LogP contribution in [0.5, 0.6) is 0 Å². The maximum Gasteiger partial charge on any atom is 0.143 e. The molecule has 0 saturated carbocycles. The van der Waals surface area contributed by atoms with Crippen molar-refractivity contribution in [3.8, 4) is 11.4 Å². The number of aromatic nitrogens is 2. The van der Waals surface area contributed by atoms with E-state index < -0.39 is 0 Å². The molecule has 0 aliphatic carbocycles. The predicted octanol–water partition coefficient (Wildman–Crippen LogP) is 3.04. The number of hydrogen-bond acceptors (Lipinski definition) is 1. The summed E-state index contributed by atoms with van der Waals surface area (Å²) >= 11 is 0. The minimum absolute atomic E-state index is 0.976. The summed E-state index contributed by atoms with van der Waals surface area (Å²) in [5.41, 5.74) is 1.13. The molecule has 0 unspecified atom stereocenters. The maximum atomic E-state index is 4.32. The van der Waals surface area contributed by atoms with E-state index in [0.717, 1.165) is 11.4 Å². The van der Waals surface area contributed by atoms with E-state index >= 15 is 0 Å². The third-order valence-corrected chi connectivity index (χ3v) is 2.01. The van der Waals surface area contributed by atoms with Gasteiger partial charge >= 0.3 is 0 Å². The van der Waals surface area contributed by atoms with Gasteiger partial charge in [-0.1, -0.05) is 36.4 Å². The molecule has 0 spiro atoms. The first kappa shape index (κ1) is 8.75. The van der Waals surface area contributed by atoms with Gasteiger partial charge in [-0.05, 0) is 6.92 Å². The molecule has 0 N–H and O–H groups in total. The molecule has 0 bridgehead atoms. The SMILES string of the molecule is C/C=C\n1ccnc1-c1ccccc1. The number of nitrogens with zero attached hydrogens (tertiary/aromatic N) is 2. The number of hydrogen-bond donors (Lipinski definition) is 0. The van der Waals surface area contributed by atoms with Crippen LogP contribution in [0.15, 0.2) is 48.8 Å². The van der Waals surface area contributed by atoms with Gasteiger partial charge < -0.3 is 4.57 Å². The summed E-state index contributed by atoms with van der Waals surface area (Å²) in [6.45, 7) is 1.99. The monoisotopic (exact) mass is 184 g/mol. The zero-order chi connectivity index (χ0) is 9.80. The van der Waals surface area contributed by atoms with Crippen LogP contribution < -0.4 is 0 Å². The molecule has 14 heavy (non-hydrogen) atoms. The van der Waals surface area contributed by atoms with E-state index in [4.69, 9.17) is 0 Å². The summed E-state index contributed by atoms with van der Waals surface area (Å²) in [6, 6.07) is 10.2. The Morgan fingerprint density at radius 1 is 1.21 bits per heavy atom. The lowest BCUT2D eigenvalue weighted by Crippen LogP contribution is -1.89. The van der Waals surface area contributed by atoms with Crippen molar-refractivity contribution in [3.63, 3.8) is 0 Å². The Balaban J connectivity index is 2.47. The van der Waals surface area contributed by atoms with Crippen molar-refractivity contribution in [2.45, 2.75) is 6.92 Å². The summed E-state index contributed by atoms with van der Waals surface area (Å²) in [6.07, 6.45) is 7.74. The summed E-state index contributed by atoms with van der Waals surface area (Å²) in [7, 11) is 0. The molecular formula is C12H12N2. The smallest absolute Gasteiger partial charge is 0.143 e. The van der Waals surface area contributed by atoms with Crippen molar-refractivity contribution in [2.75, 3.05) is 0 Å². The molecule has 1 aromatic carbocycles. The van der Waals surface area contributed by atoms with E-state index in [2.05, 4.69) is 17.1 Å². The molecule has 0 amide bonds. The highest BCUT2D eigenvalue weighted by molar-refractivity contribution is 5.57. The zero-order valence-electron chi connectivity index (χ0n) is 8.09. The van der Waals surface area contributed by atoms with Crippen LogP contribution in [0, 0.1) is 0 Å². The second kappa shape index (κ2) is 3.92. The second-order valence-electron chi connectivity index (χ2n) is 3.01. The largest absolute Gasteiger partial charge is 0.307 e. The molecule has 2 nitrogen and oxygen atoms in total. The highest BCUT2D eigenvalue weighted by Crippen LogP contribution is 2.16. The van der Waals surface area contributed by atoms with E-state index in [0.29, 0.717) is 0 Å². The van der Waals surface area contributed by atoms with E-state index in [1.807, 2.05) is 54.4 Å². The quantitative estimate of drug-likeness (QED) is 0.701. The summed E-state index contributed by atoms with van der Waals surface area (Å²) in [4.78, 5) is 4.32. The molecule has 1 heterocycles. The maximum absolute atomic E-state index is 4.32. The predicted molar refractivity (Wildman–Crippen MR) is 58.7 cm³/mol.